The van der Waals surface area contributed by atoms with Crippen LogP contribution >= 0.6 is 35.4 Å². The first kappa shape index (κ1) is 18.3. The number of amides is 1. The smallest absolute Gasteiger partial charge is 0.276 e. The van der Waals surface area contributed by atoms with E-state index in [1.54, 1.807) is 42.5 Å². The fraction of sp³-hybridized carbons (Fsp3) is 0.125. The molecule has 0 aliphatic heterocycles. The molecule has 0 saturated heterocycles. The van der Waals surface area contributed by atoms with Gasteiger partial charge in [-0.1, -0.05) is 23.2 Å². The highest BCUT2D eigenvalue weighted by Crippen LogP contribution is 2.20. The predicted octanol–water partition coefficient (Wildman–Crippen LogP) is 3.70. The van der Waals surface area contributed by atoms with Gasteiger partial charge in [0.1, 0.15) is 5.75 Å². The summed E-state index contributed by atoms with van der Waals surface area (Å²) in [5, 5.41) is 4.42. The third-order valence-corrected chi connectivity index (χ3v) is 3.80. The molecule has 0 spiro atoms. The van der Waals surface area contributed by atoms with Crippen molar-refractivity contribution in [2.24, 2.45) is 0 Å². The van der Waals surface area contributed by atoms with E-state index in [0.717, 1.165) is 11.3 Å². The predicted molar refractivity (Wildman–Crippen MR) is 101 cm³/mol. The summed E-state index contributed by atoms with van der Waals surface area (Å²) in [6.45, 7) is 1.70. The molecule has 0 aliphatic rings. The first-order valence-electron chi connectivity index (χ1n) is 6.94. The zero-order valence-corrected chi connectivity index (χ0v) is 15.1. The number of rotatable bonds is 4. The zero-order valence-electron chi connectivity index (χ0n) is 12.7. The van der Waals surface area contributed by atoms with E-state index in [2.05, 4.69) is 16.2 Å². The molecular formula is C16H15Cl2N3O2S. The summed E-state index contributed by atoms with van der Waals surface area (Å²) >= 11 is 16.8. The van der Waals surface area contributed by atoms with Crippen LogP contribution in [0.3, 0.4) is 0 Å². The molecule has 2 rings (SSSR count). The summed E-state index contributed by atoms with van der Waals surface area (Å²) in [7, 11) is 0. The Balaban J connectivity index is 1.73. The molecule has 5 nitrogen and oxygen atoms in total. The molecule has 0 bridgehead atoms. The number of carbonyl (C=O) groups excluding carboxylic acids is 1. The van der Waals surface area contributed by atoms with E-state index < -0.39 is 0 Å². The van der Waals surface area contributed by atoms with E-state index in [1.165, 1.54) is 0 Å². The van der Waals surface area contributed by atoms with Crippen molar-refractivity contribution >= 4 is 52.1 Å². The van der Waals surface area contributed by atoms with E-state index in [4.69, 9.17) is 40.2 Å². The van der Waals surface area contributed by atoms with Gasteiger partial charge >= 0.3 is 0 Å². The minimum atomic E-state index is -0.372. The Bertz CT molecular complexity index is 739. The molecule has 0 fully saturated rings. The Morgan fingerprint density at radius 1 is 1.12 bits per heavy atom. The van der Waals surface area contributed by atoms with Crippen LogP contribution < -0.4 is 20.9 Å². The van der Waals surface area contributed by atoms with Crippen molar-refractivity contribution in [2.45, 2.75) is 6.92 Å². The van der Waals surface area contributed by atoms with Crippen LogP contribution in [0.25, 0.3) is 0 Å². The molecule has 2 aromatic carbocycles. The lowest BCUT2D eigenvalue weighted by atomic mass is 10.2. The van der Waals surface area contributed by atoms with Crippen LogP contribution in [0.4, 0.5) is 5.69 Å². The molecule has 0 heterocycles. The summed E-state index contributed by atoms with van der Waals surface area (Å²) in [6, 6.07) is 12.2. The normalized spacial score (nSPS) is 9.96. The molecule has 2 aromatic rings. The average Bonchev–Trinajstić information content (AvgIpc) is 2.56. The van der Waals surface area contributed by atoms with Gasteiger partial charge in [0.05, 0.1) is 0 Å². The van der Waals surface area contributed by atoms with E-state index in [1.807, 2.05) is 6.92 Å². The van der Waals surface area contributed by atoms with Crippen molar-refractivity contribution in [2.75, 3.05) is 11.9 Å². The number of hydrogen-bond acceptors (Lipinski definition) is 3. The van der Waals surface area contributed by atoms with Gasteiger partial charge in [-0.15, -0.1) is 0 Å². The highest BCUT2D eigenvalue weighted by atomic mass is 35.5. The van der Waals surface area contributed by atoms with Crippen molar-refractivity contribution < 1.29 is 9.53 Å². The summed E-state index contributed by atoms with van der Waals surface area (Å²) < 4.78 is 5.38. The van der Waals surface area contributed by atoms with E-state index in [0.29, 0.717) is 15.8 Å². The first-order chi connectivity index (χ1) is 11.4. The number of halogens is 2. The Morgan fingerprint density at radius 2 is 1.83 bits per heavy atom. The fourth-order valence-electron chi connectivity index (χ4n) is 1.71. The lowest BCUT2D eigenvalue weighted by Crippen LogP contribution is -2.45. The monoisotopic (exact) mass is 383 g/mol. The lowest BCUT2D eigenvalue weighted by molar-refractivity contribution is -0.123. The lowest BCUT2D eigenvalue weighted by Gasteiger charge is -2.12. The van der Waals surface area contributed by atoms with E-state index in [-0.39, 0.29) is 17.6 Å². The molecule has 0 aromatic heterocycles. The van der Waals surface area contributed by atoms with Gasteiger partial charge in [0.25, 0.3) is 5.91 Å². The summed E-state index contributed by atoms with van der Waals surface area (Å²) in [5.41, 5.74) is 6.65. The Kier molecular flexibility index (Phi) is 6.66. The molecule has 8 heteroatoms. The Hall–Kier alpha value is -2.02. The van der Waals surface area contributed by atoms with Gasteiger partial charge in [0.15, 0.2) is 11.7 Å². The molecule has 1 amide bonds. The largest absolute Gasteiger partial charge is 0.484 e. The summed E-state index contributed by atoms with van der Waals surface area (Å²) in [4.78, 5) is 11.7. The molecule has 3 N–H and O–H groups in total. The molecule has 0 saturated carbocycles. The molecule has 0 aliphatic carbocycles. The maximum Gasteiger partial charge on any atom is 0.276 e. The summed E-state index contributed by atoms with van der Waals surface area (Å²) in [5.74, 6) is 0.191. The molecular weight excluding hydrogens is 369 g/mol. The second kappa shape index (κ2) is 8.73. The molecule has 0 atom stereocenters. The second-order valence-corrected chi connectivity index (χ2v) is 6.09. The maximum absolute atomic E-state index is 11.7. The Labute approximate surface area is 155 Å². The third-order valence-electron chi connectivity index (χ3n) is 2.92. The quantitative estimate of drug-likeness (QED) is 0.554. The van der Waals surface area contributed by atoms with Gasteiger partial charge in [-0.2, -0.15) is 0 Å². The molecule has 24 heavy (non-hydrogen) atoms. The SMILES string of the molecule is Cc1cc(OCC(=O)NNC(=S)Nc2ccc(Cl)cc2)ccc1Cl. The molecule has 126 valence electrons. The standard InChI is InChI=1S/C16H15Cl2N3O2S/c1-10-8-13(6-7-14(10)18)23-9-15(22)20-21-16(24)19-12-4-2-11(17)3-5-12/h2-8H,9H2,1H3,(H,20,22)(H2,19,21,24). The minimum Gasteiger partial charge on any atom is -0.484 e. The molecule has 0 unspecified atom stereocenters. The zero-order chi connectivity index (χ0) is 17.5. The van der Waals surface area contributed by atoms with Crippen molar-refractivity contribution in [1.29, 1.82) is 0 Å². The van der Waals surface area contributed by atoms with Crippen LogP contribution in [-0.4, -0.2) is 17.6 Å². The number of ether oxygens (including phenoxy) is 1. The van der Waals surface area contributed by atoms with Crippen molar-refractivity contribution in [3.05, 3.63) is 58.1 Å². The van der Waals surface area contributed by atoms with Crippen LogP contribution in [0.2, 0.25) is 10.0 Å². The van der Waals surface area contributed by atoms with Gasteiger partial charge < -0.3 is 10.1 Å². The topological polar surface area (TPSA) is 62.4 Å². The third kappa shape index (κ3) is 5.88. The number of benzene rings is 2. The number of hydrogen-bond donors (Lipinski definition) is 3. The van der Waals surface area contributed by atoms with Crippen LogP contribution in [0.15, 0.2) is 42.5 Å². The number of anilines is 1. The summed E-state index contributed by atoms with van der Waals surface area (Å²) in [6.07, 6.45) is 0. The van der Waals surface area contributed by atoms with Crippen molar-refractivity contribution in [1.82, 2.24) is 10.9 Å². The molecule has 0 radical (unpaired) electrons. The van der Waals surface area contributed by atoms with Crippen molar-refractivity contribution in [3.8, 4) is 5.75 Å². The van der Waals surface area contributed by atoms with E-state index in [9.17, 15) is 4.79 Å². The minimum absolute atomic E-state index is 0.155. The second-order valence-electron chi connectivity index (χ2n) is 4.83. The van der Waals surface area contributed by atoms with Crippen LogP contribution in [0.5, 0.6) is 5.75 Å². The number of carbonyl (C=O) groups is 1. The van der Waals surface area contributed by atoms with Crippen LogP contribution in [0, 0.1) is 6.92 Å². The maximum atomic E-state index is 11.7. The van der Waals surface area contributed by atoms with Gasteiger partial charge in [0.2, 0.25) is 0 Å². The van der Waals surface area contributed by atoms with Gasteiger partial charge in [0, 0.05) is 15.7 Å². The van der Waals surface area contributed by atoms with Gasteiger partial charge in [-0.05, 0) is 67.2 Å². The van der Waals surface area contributed by atoms with E-state index >= 15 is 0 Å². The Morgan fingerprint density at radius 3 is 2.50 bits per heavy atom. The number of nitrogens with one attached hydrogen (secondary N) is 3. The van der Waals surface area contributed by atoms with Crippen LogP contribution in [-0.2, 0) is 4.79 Å². The van der Waals surface area contributed by atoms with Gasteiger partial charge in [-0.3, -0.25) is 15.6 Å². The highest BCUT2D eigenvalue weighted by molar-refractivity contribution is 7.80. The number of hydrazine groups is 1. The fourth-order valence-corrected chi connectivity index (χ4v) is 2.13. The van der Waals surface area contributed by atoms with Crippen LogP contribution in [0.1, 0.15) is 5.56 Å². The van der Waals surface area contributed by atoms with Gasteiger partial charge in [-0.25, -0.2) is 0 Å². The highest BCUT2D eigenvalue weighted by Gasteiger charge is 2.05. The number of aryl methyl sites for hydroxylation is 1. The van der Waals surface area contributed by atoms with Crippen molar-refractivity contribution in [3.63, 3.8) is 0 Å². The average molecular weight is 384 g/mol. The number of thiocarbonyl (C=S) groups is 1. The first-order valence-corrected chi connectivity index (χ1v) is 8.11.